The van der Waals surface area contributed by atoms with Crippen molar-refractivity contribution in [3.05, 3.63) is 48.2 Å². The van der Waals surface area contributed by atoms with Crippen LogP contribution in [0.4, 0.5) is 11.6 Å². The van der Waals surface area contributed by atoms with Crippen LogP contribution in [0.2, 0.25) is 0 Å². The van der Waals surface area contributed by atoms with Gasteiger partial charge in [-0.1, -0.05) is 24.3 Å². The number of rotatable bonds is 5. The Morgan fingerprint density at radius 1 is 1.36 bits per heavy atom. The maximum absolute atomic E-state index is 12.2. The van der Waals surface area contributed by atoms with Crippen molar-refractivity contribution in [2.75, 3.05) is 17.7 Å². The van der Waals surface area contributed by atoms with Crippen LogP contribution in [0.3, 0.4) is 0 Å². The molecule has 0 saturated heterocycles. The van der Waals surface area contributed by atoms with Crippen LogP contribution in [0.5, 0.6) is 0 Å². The number of nitrogens with two attached hydrogens (primary N) is 1. The van der Waals surface area contributed by atoms with Crippen LogP contribution in [0.25, 0.3) is 22.0 Å². The molecule has 4 rings (SSSR count). The smallest absolute Gasteiger partial charge is 0.230 e. The number of hydrogen-bond acceptors (Lipinski definition) is 6. The maximum Gasteiger partial charge on any atom is 0.230 e. The molecular formula is C21H19N5O2. The third-order valence-corrected chi connectivity index (χ3v) is 4.96. The number of carbonyl (C=O) groups excluding carboxylic acids is 1. The number of anilines is 2. The molecule has 1 unspecified atom stereocenters. The number of carbonyl (C=O) groups is 1. The monoisotopic (exact) mass is 373 g/mol. The molecule has 1 aliphatic carbocycles. The molecule has 1 aliphatic rings. The molecule has 1 aromatic carbocycles. The minimum atomic E-state index is -0.258. The van der Waals surface area contributed by atoms with Crippen molar-refractivity contribution in [2.45, 2.75) is 12.8 Å². The Balaban J connectivity index is 1.69. The molecule has 0 spiro atoms. The zero-order chi connectivity index (χ0) is 19.7. The zero-order valence-electron chi connectivity index (χ0n) is 15.1. The topological polar surface area (TPSA) is 125 Å². The van der Waals surface area contributed by atoms with Gasteiger partial charge < -0.3 is 16.2 Å². The predicted octanol–water partition coefficient (Wildman–Crippen LogP) is 2.51. The van der Waals surface area contributed by atoms with Gasteiger partial charge in [0, 0.05) is 23.8 Å². The first-order valence-corrected chi connectivity index (χ1v) is 9.06. The minimum absolute atomic E-state index is 0.0467. The highest BCUT2D eigenvalue weighted by molar-refractivity contribution is 5.98. The molecule has 4 N–H and O–H groups in total. The molecular weight excluding hydrogens is 354 g/mol. The largest absolute Gasteiger partial charge is 0.396 e. The lowest BCUT2D eigenvalue weighted by atomic mass is 10.0. The summed E-state index contributed by atoms with van der Waals surface area (Å²) < 4.78 is 0. The van der Waals surface area contributed by atoms with E-state index in [0.29, 0.717) is 35.6 Å². The number of benzene rings is 1. The summed E-state index contributed by atoms with van der Waals surface area (Å²) in [7, 11) is 0. The van der Waals surface area contributed by atoms with Gasteiger partial charge in [-0.25, -0.2) is 9.97 Å². The fraction of sp³-hybridized carbons (Fsp3) is 0.238. The molecule has 0 radical (unpaired) electrons. The number of pyridine rings is 2. The van der Waals surface area contributed by atoms with Crippen molar-refractivity contribution in [1.29, 1.82) is 5.26 Å². The van der Waals surface area contributed by atoms with Crippen LogP contribution < -0.4 is 11.1 Å². The van der Waals surface area contributed by atoms with Gasteiger partial charge in [0.2, 0.25) is 5.91 Å². The van der Waals surface area contributed by atoms with Gasteiger partial charge >= 0.3 is 0 Å². The van der Waals surface area contributed by atoms with E-state index in [1.165, 1.54) is 0 Å². The van der Waals surface area contributed by atoms with Crippen molar-refractivity contribution >= 4 is 28.3 Å². The molecule has 7 nitrogen and oxygen atoms in total. The Labute approximate surface area is 161 Å². The van der Waals surface area contributed by atoms with E-state index in [-0.39, 0.29) is 24.3 Å². The van der Waals surface area contributed by atoms with Crippen molar-refractivity contribution in [2.24, 2.45) is 11.8 Å². The minimum Gasteiger partial charge on any atom is -0.396 e. The first kappa shape index (κ1) is 17.9. The third kappa shape index (κ3) is 3.38. The van der Waals surface area contributed by atoms with E-state index in [0.717, 1.165) is 16.5 Å². The number of aromatic nitrogens is 2. The first-order chi connectivity index (χ1) is 13.6. The van der Waals surface area contributed by atoms with E-state index >= 15 is 0 Å². The van der Waals surface area contributed by atoms with Gasteiger partial charge in [-0.15, -0.1) is 0 Å². The number of nitriles is 1. The summed E-state index contributed by atoms with van der Waals surface area (Å²) in [5.41, 5.74) is 8.73. The number of nitrogens with one attached hydrogen (secondary N) is 1. The predicted molar refractivity (Wildman–Crippen MR) is 106 cm³/mol. The SMILES string of the molecule is N#C[C@@H]1CC1C(=O)Nc1cc2cc(-c3ccccc3CCO)nc(N)c2cn1. The Kier molecular flexibility index (Phi) is 4.63. The standard InChI is InChI=1S/C21H19N5O2/c22-10-14-7-16(14)21(28)26-19-9-13-8-18(25-20(23)17(13)11-24-19)15-4-2-1-3-12(15)5-6-27/h1-4,8-9,11,14,16,27H,5-7H2,(H2,23,25)(H,24,26,28)/t14-,16?/m0/s1. The fourth-order valence-electron chi connectivity index (χ4n) is 3.34. The lowest BCUT2D eigenvalue weighted by molar-refractivity contribution is -0.117. The van der Waals surface area contributed by atoms with Crippen molar-refractivity contribution in [3.63, 3.8) is 0 Å². The summed E-state index contributed by atoms with van der Waals surface area (Å²) in [4.78, 5) is 20.9. The Bertz CT molecular complexity index is 1110. The molecule has 3 aromatic rings. The van der Waals surface area contributed by atoms with Crippen LogP contribution >= 0.6 is 0 Å². The molecule has 1 fully saturated rings. The maximum atomic E-state index is 12.2. The quantitative estimate of drug-likeness (QED) is 0.631. The average molecular weight is 373 g/mol. The van der Waals surface area contributed by atoms with E-state index < -0.39 is 0 Å². The second-order valence-electron chi connectivity index (χ2n) is 6.88. The van der Waals surface area contributed by atoms with Crippen LogP contribution in [0.15, 0.2) is 42.6 Å². The number of nitrogen functional groups attached to an aromatic ring is 1. The summed E-state index contributed by atoms with van der Waals surface area (Å²) in [5.74, 6) is 0.125. The van der Waals surface area contributed by atoms with Crippen LogP contribution in [-0.2, 0) is 11.2 Å². The van der Waals surface area contributed by atoms with E-state index in [1.807, 2.05) is 30.3 Å². The van der Waals surface area contributed by atoms with Crippen molar-refractivity contribution in [3.8, 4) is 17.3 Å². The van der Waals surface area contributed by atoms with E-state index in [1.54, 1.807) is 12.3 Å². The number of amides is 1. The van der Waals surface area contributed by atoms with E-state index in [4.69, 9.17) is 11.0 Å². The summed E-state index contributed by atoms with van der Waals surface area (Å²) in [6, 6.07) is 13.5. The highest BCUT2D eigenvalue weighted by Crippen LogP contribution is 2.38. The molecule has 1 saturated carbocycles. The molecule has 28 heavy (non-hydrogen) atoms. The number of fused-ring (bicyclic) bond motifs is 1. The molecule has 2 heterocycles. The molecule has 1 amide bonds. The summed E-state index contributed by atoms with van der Waals surface area (Å²) in [5, 5.41) is 22.5. The summed E-state index contributed by atoms with van der Waals surface area (Å²) >= 11 is 0. The Hall–Kier alpha value is -3.50. The Morgan fingerprint density at radius 2 is 2.18 bits per heavy atom. The number of aliphatic hydroxyl groups is 1. The normalized spacial score (nSPS) is 17.9. The molecule has 2 atom stereocenters. The Morgan fingerprint density at radius 3 is 2.93 bits per heavy atom. The summed E-state index contributed by atoms with van der Waals surface area (Å²) in [6.45, 7) is 0.0467. The van der Waals surface area contributed by atoms with Crippen molar-refractivity contribution in [1.82, 2.24) is 9.97 Å². The third-order valence-electron chi connectivity index (χ3n) is 4.96. The van der Waals surface area contributed by atoms with Gasteiger partial charge in [-0.2, -0.15) is 5.26 Å². The van der Waals surface area contributed by atoms with Gasteiger partial charge in [0.05, 0.1) is 23.6 Å². The van der Waals surface area contributed by atoms with Crippen molar-refractivity contribution < 1.29 is 9.90 Å². The summed E-state index contributed by atoms with van der Waals surface area (Å²) in [6.07, 6.45) is 2.71. The number of nitrogens with zero attached hydrogens (tertiary/aromatic N) is 3. The second-order valence-corrected chi connectivity index (χ2v) is 6.88. The highest BCUT2D eigenvalue weighted by Gasteiger charge is 2.43. The fourth-order valence-corrected chi connectivity index (χ4v) is 3.34. The van der Waals surface area contributed by atoms with Gasteiger partial charge in [0.15, 0.2) is 0 Å². The van der Waals surface area contributed by atoms with Gasteiger partial charge in [-0.3, -0.25) is 4.79 Å². The number of hydrogen-bond donors (Lipinski definition) is 3. The van der Waals surface area contributed by atoms with Crippen LogP contribution in [-0.4, -0.2) is 27.6 Å². The van der Waals surface area contributed by atoms with E-state index in [9.17, 15) is 9.90 Å². The second kappa shape index (κ2) is 7.25. The molecule has 7 heteroatoms. The van der Waals surface area contributed by atoms with Crippen LogP contribution in [0.1, 0.15) is 12.0 Å². The first-order valence-electron chi connectivity index (χ1n) is 9.06. The zero-order valence-corrected chi connectivity index (χ0v) is 15.1. The van der Waals surface area contributed by atoms with Gasteiger partial charge in [0.25, 0.3) is 0 Å². The lowest BCUT2D eigenvalue weighted by Gasteiger charge is -2.11. The molecule has 140 valence electrons. The molecule has 2 aromatic heterocycles. The van der Waals surface area contributed by atoms with Gasteiger partial charge in [0.1, 0.15) is 11.6 Å². The highest BCUT2D eigenvalue weighted by atomic mass is 16.3. The van der Waals surface area contributed by atoms with E-state index in [2.05, 4.69) is 21.4 Å². The van der Waals surface area contributed by atoms with Gasteiger partial charge in [-0.05, 0) is 35.9 Å². The molecule has 0 bridgehead atoms. The van der Waals surface area contributed by atoms with Crippen LogP contribution in [0, 0.1) is 23.2 Å². The average Bonchev–Trinajstić information content (AvgIpc) is 3.48. The lowest BCUT2D eigenvalue weighted by Crippen LogP contribution is -2.15. The number of aliphatic hydroxyl groups excluding tert-OH is 1. The molecule has 0 aliphatic heterocycles.